The van der Waals surface area contributed by atoms with E-state index in [1.807, 2.05) is 0 Å². The Morgan fingerprint density at radius 2 is 1.07 bits per heavy atom. The van der Waals surface area contributed by atoms with Crippen LogP contribution in [0.1, 0.15) is 29.2 Å². The number of rotatable bonds is 0. The summed E-state index contributed by atoms with van der Waals surface area (Å²) in [5.41, 5.74) is 10.9. The van der Waals surface area contributed by atoms with Crippen LogP contribution in [-0.4, -0.2) is 7.85 Å². The number of allylic oxidation sites excluding steroid dienone is 6. The molecule has 0 fully saturated rings. The Morgan fingerprint density at radius 1 is 0.607 bits per heavy atom. The molecule has 1 atom stereocenters. The Balaban J connectivity index is 1.81. The molecule has 3 aromatic carbocycles. The SMILES string of the molecule is BC1(C)C=CC2=C(C=C1)C1(c3ccccc32)c2ccccc2-c2ccccc21. The van der Waals surface area contributed by atoms with Gasteiger partial charge in [-0.1, -0.05) is 104 Å². The third kappa shape index (κ3) is 1.82. The van der Waals surface area contributed by atoms with E-state index < -0.39 is 0 Å². The van der Waals surface area contributed by atoms with Gasteiger partial charge in [-0.15, -0.1) is 0 Å². The minimum Gasteiger partial charge on any atom is -0.0826 e. The van der Waals surface area contributed by atoms with Gasteiger partial charge in [0, 0.05) is 0 Å². The van der Waals surface area contributed by atoms with Crippen LogP contribution >= 0.6 is 0 Å². The second-order valence-electron chi connectivity index (χ2n) is 8.70. The first kappa shape index (κ1) is 16.0. The van der Waals surface area contributed by atoms with E-state index in [1.165, 1.54) is 44.5 Å². The van der Waals surface area contributed by atoms with Crippen LogP contribution in [0.3, 0.4) is 0 Å². The summed E-state index contributed by atoms with van der Waals surface area (Å²) >= 11 is 0. The fourth-order valence-corrected chi connectivity index (χ4v) is 5.40. The van der Waals surface area contributed by atoms with E-state index in [1.54, 1.807) is 0 Å². The summed E-state index contributed by atoms with van der Waals surface area (Å²) in [6.45, 7) is 2.28. The number of hydrogen-bond acceptors (Lipinski definition) is 0. The summed E-state index contributed by atoms with van der Waals surface area (Å²) in [7, 11) is 2.28. The van der Waals surface area contributed by atoms with E-state index in [-0.39, 0.29) is 10.7 Å². The molecule has 0 nitrogen and oxygen atoms in total. The molecular formula is C27H21B. The predicted molar refractivity (Wildman–Crippen MR) is 120 cm³/mol. The van der Waals surface area contributed by atoms with Gasteiger partial charge in [-0.3, -0.25) is 0 Å². The molecular weight excluding hydrogens is 335 g/mol. The second kappa shape index (κ2) is 5.26. The van der Waals surface area contributed by atoms with Crippen LogP contribution in [0.5, 0.6) is 0 Å². The maximum Gasteiger partial charge on any atom is 0.119 e. The summed E-state index contributed by atoms with van der Waals surface area (Å²) in [6, 6.07) is 26.9. The average molecular weight is 356 g/mol. The maximum atomic E-state index is 2.40. The molecule has 0 N–H and O–H groups in total. The van der Waals surface area contributed by atoms with Crippen molar-refractivity contribution in [3.8, 4) is 11.1 Å². The lowest BCUT2D eigenvalue weighted by Crippen LogP contribution is -2.26. The fraction of sp³-hybridized carbons (Fsp3) is 0.111. The van der Waals surface area contributed by atoms with E-state index in [4.69, 9.17) is 0 Å². The molecule has 1 heteroatoms. The lowest BCUT2D eigenvalue weighted by Gasteiger charge is -2.31. The van der Waals surface area contributed by atoms with Crippen LogP contribution in [0.15, 0.2) is 103 Å². The third-order valence-corrected chi connectivity index (χ3v) is 6.63. The van der Waals surface area contributed by atoms with Crippen LogP contribution in [-0.2, 0) is 5.41 Å². The largest absolute Gasteiger partial charge is 0.119 e. The molecule has 0 saturated heterocycles. The molecule has 3 aromatic rings. The van der Waals surface area contributed by atoms with Crippen molar-refractivity contribution in [2.75, 3.05) is 0 Å². The minimum atomic E-state index is -0.222. The first-order valence-corrected chi connectivity index (χ1v) is 10.1. The standard InChI is InChI=1S/C27H21B/c1-26(28)16-14-21-20-10-4-7-13-24(20)27(25(21)15-17-26)22-11-5-2-8-18(22)19-9-3-6-12-23(19)27/h2-17H,28H2,1H3. The lowest BCUT2D eigenvalue weighted by molar-refractivity contribution is 0.784. The van der Waals surface area contributed by atoms with Crippen LogP contribution in [0.4, 0.5) is 0 Å². The van der Waals surface area contributed by atoms with Crippen molar-refractivity contribution >= 4 is 13.4 Å². The van der Waals surface area contributed by atoms with Gasteiger partial charge < -0.3 is 0 Å². The van der Waals surface area contributed by atoms with Gasteiger partial charge in [-0.25, -0.2) is 0 Å². The van der Waals surface area contributed by atoms with Crippen molar-refractivity contribution in [2.24, 2.45) is 0 Å². The van der Waals surface area contributed by atoms with Gasteiger partial charge in [0.05, 0.1) is 5.41 Å². The van der Waals surface area contributed by atoms with Crippen molar-refractivity contribution in [3.05, 3.63) is 125 Å². The van der Waals surface area contributed by atoms with Gasteiger partial charge in [0.15, 0.2) is 0 Å². The molecule has 0 heterocycles. The Hall–Kier alpha value is -3.06. The topological polar surface area (TPSA) is 0 Å². The lowest BCUT2D eigenvalue weighted by atomic mass is 9.67. The van der Waals surface area contributed by atoms with Crippen molar-refractivity contribution in [2.45, 2.75) is 17.7 Å². The molecule has 0 bridgehead atoms. The number of benzene rings is 3. The summed E-state index contributed by atoms with van der Waals surface area (Å²) in [5.74, 6) is 0. The van der Waals surface area contributed by atoms with Crippen LogP contribution in [0.2, 0.25) is 5.31 Å². The molecule has 28 heavy (non-hydrogen) atoms. The Morgan fingerprint density at radius 3 is 1.68 bits per heavy atom. The highest BCUT2D eigenvalue weighted by molar-refractivity contribution is 6.18. The van der Waals surface area contributed by atoms with Gasteiger partial charge in [-0.05, 0) is 49.8 Å². The molecule has 1 spiro atoms. The Kier molecular flexibility index (Phi) is 3.00. The van der Waals surface area contributed by atoms with Gasteiger partial charge in [-0.2, -0.15) is 0 Å². The second-order valence-corrected chi connectivity index (χ2v) is 8.70. The zero-order valence-electron chi connectivity index (χ0n) is 16.2. The molecule has 0 radical (unpaired) electrons. The van der Waals surface area contributed by atoms with E-state index in [9.17, 15) is 0 Å². The van der Waals surface area contributed by atoms with E-state index in [0.29, 0.717) is 0 Å². The van der Waals surface area contributed by atoms with Crippen molar-refractivity contribution in [3.63, 3.8) is 0 Å². The maximum absolute atomic E-state index is 2.40. The summed E-state index contributed by atoms with van der Waals surface area (Å²) in [4.78, 5) is 0. The van der Waals surface area contributed by atoms with Gasteiger partial charge in [0.2, 0.25) is 0 Å². The van der Waals surface area contributed by atoms with E-state index in [2.05, 4.69) is 112 Å². The van der Waals surface area contributed by atoms with Gasteiger partial charge >= 0.3 is 0 Å². The van der Waals surface area contributed by atoms with Crippen molar-refractivity contribution in [1.82, 2.24) is 0 Å². The zero-order chi connectivity index (χ0) is 18.9. The molecule has 3 aliphatic rings. The smallest absolute Gasteiger partial charge is 0.0826 e. The molecule has 6 rings (SSSR count). The highest BCUT2D eigenvalue weighted by atomic mass is 14.5. The number of hydrogen-bond donors (Lipinski definition) is 0. The zero-order valence-corrected chi connectivity index (χ0v) is 16.2. The van der Waals surface area contributed by atoms with E-state index >= 15 is 0 Å². The summed E-state index contributed by atoms with van der Waals surface area (Å²) in [5, 5.41) is 0.0537. The van der Waals surface area contributed by atoms with Crippen LogP contribution in [0, 0.1) is 0 Å². The highest BCUT2D eigenvalue weighted by Gasteiger charge is 2.51. The molecule has 3 aliphatic carbocycles. The molecule has 0 aromatic heterocycles. The fourth-order valence-electron chi connectivity index (χ4n) is 5.40. The summed E-state index contributed by atoms with van der Waals surface area (Å²) < 4.78 is 0. The Bertz CT molecular complexity index is 1190. The molecule has 0 saturated carbocycles. The quantitative estimate of drug-likeness (QED) is 0.453. The monoisotopic (exact) mass is 356 g/mol. The van der Waals surface area contributed by atoms with Crippen molar-refractivity contribution < 1.29 is 0 Å². The van der Waals surface area contributed by atoms with Gasteiger partial charge in [0.25, 0.3) is 0 Å². The average Bonchev–Trinajstić information content (AvgIpc) is 3.11. The first-order valence-electron chi connectivity index (χ1n) is 10.1. The van der Waals surface area contributed by atoms with Gasteiger partial charge in [0.1, 0.15) is 7.85 Å². The van der Waals surface area contributed by atoms with Crippen LogP contribution in [0.25, 0.3) is 16.7 Å². The predicted octanol–water partition coefficient (Wildman–Crippen LogP) is 5.71. The molecule has 0 aliphatic heterocycles. The molecule has 0 amide bonds. The van der Waals surface area contributed by atoms with E-state index in [0.717, 1.165) is 0 Å². The molecule has 1 unspecified atom stereocenters. The normalized spacial score (nSPS) is 22.6. The minimum absolute atomic E-state index is 0.0537. The molecule has 132 valence electrons. The first-order chi connectivity index (χ1) is 13.6. The van der Waals surface area contributed by atoms with Crippen molar-refractivity contribution in [1.29, 1.82) is 0 Å². The number of fused-ring (bicyclic) bond motifs is 9. The third-order valence-electron chi connectivity index (χ3n) is 6.63. The van der Waals surface area contributed by atoms with Crippen LogP contribution < -0.4 is 0 Å². The summed E-state index contributed by atoms with van der Waals surface area (Å²) in [6.07, 6.45) is 9.46. The Labute approximate surface area is 167 Å². The highest BCUT2D eigenvalue weighted by Crippen LogP contribution is 2.62.